The molecular formula is C25H28F3N5O2S. The number of carboxylic acid groups (broad SMARTS) is 1. The number of aromatic nitrogens is 4. The Balaban J connectivity index is 1.38. The smallest absolute Gasteiger partial charge is 0.416 e. The summed E-state index contributed by atoms with van der Waals surface area (Å²) in [5.41, 5.74) is 3.18. The lowest BCUT2D eigenvalue weighted by molar-refractivity contribution is -0.147. The highest BCUT2D eigenvalue weighted by Crippen LogP contribution is 2.41. The first-order valence-corrected chi connectivity index (χ1v) is 12.8. The van der Waals surface area contributed by atoms with E-state index in [1.165, 1.54) is 23.1 Å². The van der Waals surface area contributed by atoms with Gasteiger partial charge in [0.1, 0.15) is 10.7 Å². The van der Waals surface area contributed by atoms with E-state index in [0.717, 1.165) is 36.6 Å². The Kier molecular flexibility index (Phi) is 6.19. The van der Waals surface area contributed by atoms with Crippen LogP contribution in [-0.2, 0) is 37.3 Å². The van der Waals surface area contributed by atoms with Crippen LogP contribution in [0.4, 0.5) is 13.2 Å². The van der Waals surface area contributed by atoms with E-state index < -0.39 is 23.6 Å². The van der Waals surface area contributed by atoms with Crippen LogP contribution in [0.5, 0.6) is 0 Å². The van der Waals surface area contributed by atoms with Gasteiger partial charge < -0.3 is 10.0 Å². The SMILES string of the molecule is Cn1nc(-c2nnc(-c3ccc(CCN4CC(C(=O)O)C4)c(C(F)(F)F)c3)s2)c2c1CC(C)(C)CC2. The zero-order chi connectivity index (χ0) is 25.8. The average Bonchev–Trinajstić information content (AvgIpc) is 3.36. The van der Waals surface area contributed by atoms with Crippen molar-refractivity contribution in [1.82, 2.24) is 24.9 Å². The number of likely N-dealkylation sites (tertiary alicyclic amines) is 1. The molecule has 1 N–H and O–H groups in total. The van der Waals surface area contributed by atoms with Gasteiger partial charge in [-0.25, -0.2) is 0 Å². The van der Waals surface area contributed by atoms with Crippen molar-refractivity contribution in [2.45, 2.75) is 45.7 Å². The summed E-state index contributed by atoms with van der Waals surface area (Å²) in [6.07, 6.45) is -1.47. The lowest BCUT2D eigenvalue weighted by atomic mass is 9.76. The maximum absolute atomic E-state index is 13.9. The molecule has 1 aliphatic carbocycles. The van der Waals surface area contributed by atoms with Crippen molar-refractivity contribution in [1.29, 1.82) is 0 Å². The molecule has 0 amide bonds. The summed E-state index contributed by atoms with van der Waals surface area (Å²) < 4.78 is 43.6. The predicted molar refractivity (Wildman–Crippen MR) is 130 cm³/mol. The van der Waals surface area contributed by atoms with Crippen LogP contribution in [0.2, 0.25) is 0 Å². The van der Waals surface area contributed by atoms with Gasteiger partial charge in [-0.3, -0.25) is 9.48 Å². The highest BCUT2D eigenvalue weighted by Gasteiger charge is 2.36. The third-order valence-corrected chi connectivity index (χ3v) is 8.25. The minimum atomic E-state index is -4.51. The molecule has 0 bridgehead atoms. The number of aryl methyl sites for hydroxylation is 1. The number of carbonyl (C=O) groups is 1. The molecule has 1 aromatic carbocycles. The minimum absolute atomic E-state index is 0.191. The molecule has 0 saturated carbocycles. The van der Waals surface area contributed by atoms with Gasteiger partial charge in [-0.1, -0.05) is 37.3 Å². The summed E-state index contributed by atoms with van der Waals surface area (Å²) in [7, 11) is 1.92. The van der Waals surface area contributed by atoms with Crippen molar-refractivity contribution >= 4 is 17.3 Å². The molecule has 5 rings (SSSR count). The monoisotopic (exact) mass is 519 g/mol. The Hall–Kier alpha value is -2.79. The number of alkyl halides is 3. The fourth-order valence-electron chi connectivity index (χ4n) is 5.08. The fourth-order valence-corrected chi connectivity index (χ4v) is 5.93. The molecule has 0 unspecified atom stereocenters. The van der Waals surface area contributed by atoms with Gasteiger partial charge in [-0.2, -0.15) is 18.3 Å². The van der Waals surface area contributed by atoms with Gasteiger partial charge in [-0.15, -0.1) is 10.2 Å². The van der Waals surface area contributed by atoms with Crippen LogP contribution in [0.3, 0.4) is 0 Å². The van der Waals surface area contributed by atoms with E-state index in [0.29, 0.717) is 35.2 Å². The molecule has 2 aromatic heterocycles. The van der Waals surface area contributed by atoms with Crippen LogP contribution in [0.15, 0.2) is 18.2 Å². The number of carboxylic acids is 1. The van der Waals surface area contributed by atoms with Gasteiger partial charge >= 0.3 is 12.1 Å². The third-order valence-electron chi connectivity index (χ3n) is 7.27. The lowest BCUT2D eigenvalue weighted by Gasteiger charge is -2.36. The van der Waals surface area contributed by atoms with Gasteiger partial charge in [0.05, 0.1) is 11.5 Å². The summed E-state index contributed by atoms with van der Waals surface area (Å²) in [6, 6.07) is 4.30. The van der Waals surface area contributed by atoms with Crippen molar-refractivity contribution in [2.24, 2.45) is 18.4 Å². The molecule has 7 nitrogen and oxygen atoms in total. The van der Waals surface area contributed by atoms with E-state index in [4.69, 9.17) is 5.11 Å². The summed E-state index contributed by atoms with van der Waals surface area (Å²) in [5.74, 6) is -1.30. The molecular weight excluding hydrogens is 491 g/mol. The van der Waals surface area contributed by atoms with Gasteiger partial charge in [0.15, 0.2) is 5.01 Å². The average molecular weight is 520 g/mol. The standard InChI is InChI=1S/C25H28F3N5O2S/c1-24(2)8-6-17-19(11-24)32(3)31-20(17)22-30-29-21(36-22)15-5-4-14(18(10-15)25(26,27)28)7-9-33-12-16(13-33)23(34)35/h4-5,10,16H,6-9,11-13H2,1-3H3,(H,34,35). The molecule has 1 aliphatic heterocycles. The highest BCUT2D eigenvalue weighted by atomic mass is 32.1. The minimum Gasteiger partial charge on any atom is -0.481 e. The Morgan fingerprint density at radius 2 is 1.94 bits per heavy atom. The van der Waals surface area contributed by atoms with Crippen LogP contribution in [0.1, 0.15) is 42.7 Å². The van der Waals surface area contributed by atoms with Crippen LogP contribution < -0.4 is 0 Å². The van der Waals surface area contributed by atoms with Gasteiger partial charge in [-0.05, 0) is 42.7 Å². The second-order valence-electron chi connectivity index (χ2n) is 10.6. The molecule has 1 fully saturated rings. The highest BCUT2D eigenvalue weighted by molar-refractivity contribution is 7.17. The molecule has 0 spiro atoms. The number of aliphatic carboxylic acids is 1. The van der Waals surface area contributed by atoms with E-state index in [1.807, 2.05) is 16.6 Å². The number of hydrogen-bond donors (Lipinski definition) is 1. The van der Waals surface area contributed by atoms with Gasteiger partial charge in [0.2, 0.25) is 0 Å². The Morgan fingerprint density at radius 3 is 2.64 bits per heavy atom. The number of hydrogen-bond acceptors (Lipinski definition) is 6. The second-order valence-corrected chi connectivity index (χ2v) is 11.5. The quantitative estimate of drug-likeness (QED) is 0.508. The Bertz CT molecular complexity index is 1310. The van der Waals surface area contributed by atoms with E-state index >= 15 is 0 Å². The van der Waals surface area contributed by atoms with Crippen molar-refractivity contribution in [3.63, 3.8) is 0 Å². The van der Waals surface area contributed by atoms with E-state index in [1.54, 1.807) is 6.07 Å². The molecule has 3 heterocycles. The van der Waals surface area contributed by atoms with Crippen molar-refractivity contribution in [3.8, 4) is 21.3 Å². The molecule has 0 atom stereocenters. The van der Waals surface area contributed by atoms with E-state index in [2.05, 4.69) is 29.1 Å². The maximum atomic E-state index is 13.9. The third kappa shape index (κ3) is 4.78. The van der Waals surface area contributed by atoms with Crippen LogP contribution in [0, 0.1) is 11.3 Å². The van der Waals surface area contributed by atoms with Crippen molar-refractivity contribution in [2.75, 3.05) is 19.6 Å². The topological polar surface area (TPSA) is 84.1 Å². The lowest BCUT2D eigenvalue weighted by Crippen LogP contribution is -2.50. The number of fused-ring (bicyclic) bond motifs is 1. The van der Waals surface area contributed by atoms with E-state index in [-0.39, 0.29) is 17.4 Å². The fraction of sp³-hybridized carbons (Fsp3) is 0.520. The summed E-state index contributed by atoms with van der Waals surface area (Å²) in [4.78, 5) is 12.8. The zero-order valence-corrected chi connectivity index (χ0v) is 21.2. The van der Waals surface area contributed by atoms with Crippen LogP contribution in [-0.4, -0.2) is 55.6 Å². The normalized spacial score (nSPS) is 18.2. The molecule has 1 saturated heterocycles. The zero-order valence-electron chi connectivity index (χ0n) is 20.4. The summed E-state index contributed by atoms with van der Waals surface area (Å²) in [5, 5.41) is 23.2. The summed E-state index contributed by atoms with van der Waals surface area (Å²) >= 11 is 1.25. The van der Waals surface area contributed by atoms with Crippen LogP contribution in [0.25, 0.3) is 21.3 Å². The Morgan fingerprint density at radius 1 is 1.22 bits per heavy atom. The number of halogens is 3. The Labute approximate surface area is 211 Å². The number of rotatable bonds is 6. The van der Waals surface area contributed by atoms with Crippen molar-refractivity contribution < 1.29 is 23.1 Å². The molecule has 11 heteroatoms. The van der Waals surface area contributed by atoms with Crippen LogP contribution >= 0.6 is 11.3 Å². The first kappa shape index (κ1) is 24.9. The largest absolute Gasteiger partial charge is 0.481 e. The summed E-state index contributed by atoms with van der Waals surface area (Å²) in [6.45, 7) is 5.61. The molecule has 36 heavy (non-hydrogen) atoms. The number of nitrogens with zero attached hydrogens (tertiary/aromatic N) is 5. The predicted octanol–water partition coefficient (Wildman–Crippen LogP) is 4.70. The molecule has 2 aliphatic rings. The van der Waals surface area contributed by atoms with Crippen molar-refractivity contribution in [3.05, 3.63) is 40.6 Å². The van der Waals surface area contributed by atoms with Gasteiger partial charge in [0, 0.05) is 43.5 Å². The molecule has 192 valence electrons. The molecule has 3 aromatic rings. The number of benzene rings is 1. The first-order valence-electron chi connectivity index (χ1n) is 12.0. The maximum Gasteiger partial charge on any atom is 0.416 e. The molecule has 0 radical (unpaired) electrons. The van der Waals surface area contributed by atoms with E-state index in [9.17, 15) is 18.0 Å². The second kappa shape index (κ2) is 8.95. The van der Waals surface area contributed by atoms with Gasteiger partial charge in [0.25, 0.3) is 0 Å². The first-order chi connectivity index (χ1) is 16.9.